The van der Waals surface area contributed by atoms with E-state index in [0.717, 1.165) is 35.2 Å². The van der Waals surface area contributed by atoms with Crippen LogP contribution >= 0.6 is 22.6 Å². The Morgan fingerprint density at radius 2 is 1.62 bits per heavy atom. The molecule has 0 radical (unpaired) electrons. The molecular weight excluding hydrogens is 539 g/mol. The zero-order valence-corrected chi connectivity index (χ0v) is 23.9. The molecule has 1 atom stereocenters. The summed E-state index contributed by atoms with van der Waals surface area (Å²) in [5, 5.41) is 0.137. The molecule has 0 N–H and O–H groups in total. The highest BCUT2D eigenvalue weighted by Gasteiger charge is 2.65. The predicted molar refractivity (Wildman–Crippen MR) is 136 cm³/mol. The Bertz CT molecular complexity index is 848. The molecule has 3 saturated carbocycles. The monoisotopic (exact) mass is 579 g/mol. The lowest BCUT2D eigenvalue weighted by molar-refractivity contribution is -0.102. The number of aromatic nitrogens is 2. The molecule has 4 fully saturated rings. The maximum atomic E-state index is 13.7. The molecule has 2 heterocycles. The number of rotatable bonds is 6. The van der Waals surface area contributed by atoms with Crippen molar-refractivity contribution in [1.82, 2.24) is 14.5 Å². The molecule has 32 heavy (non-hydrogen) atoms. The first-order valence-electron chi connectivity index (χ1n) is 12.2. The van der Waals surface area contributed by atoms with Crippen LogP contribution in [0.5, 0.6) is 0 Å². The van der Waals surface area contributed by atoms with Crippen molar-refractivity contribution in [3.63, 3.8) is 0 Å². The smallest absolute Gasteiger partial charge is 0.250 e. The highest BCUT2D eigenvalue weighted by molar-refractivity contribution is 14.1. The molecule has 1 aromatic rings. The molecular formula is C24H40F2IN3OSi. The third-order valence-corrected chi connectivity index (χ3v) is 13.8. The highest BCUT2D eigenvalue weighted by Crippen LogP contribution is 2.63. The number of imidazole rings is 1. The molecule has 1 aromatic heterocycles. The standard InChI is InChI=1S/C24H40F2IN3OSi/c1-17(2)19(31-32(6,7)21(3,4)5)20-28-18(27)14-30(20)23-9-8-22(15-23,16-23)29-12-10-24(25,26)11-13-29/h14,17,19H,8-13,15-16H2,1-7H3. The number of hydrogen-bond donors (Lipinski definition) is 0. The number of nitrogens with zero attached hydrogens (tertiary/aromatic N) is 3. The normalized spacial score (nSPS) is 31.7. The fraction of sp³-hybridized carbons (Fsp3) is 0.875. The first-order chi connectivity index (χ1) is 14.6. The number of hydrogen-bond acceptors (Lipinski definition) is 3. The summed E-state index contributed by atoms with van der Waals surface area (Å²) in [6.45, 7) is 17.0. The van der Waals surface area contributed by atoms with Gasteiger partial charge in [0, 0.05) is 43.2 Å². The molecule has 0 aromatic carbocycles. The minimum Gasteiger partial charge on any atom is -0.406 e. The van der Waals surface area contributed by atoms with Crippen LogP contribution in [0.1, 0.15) is 85.1 Å². The number of fused-ring (bicyclic) bond motifs is 1. The lowest BCUT2D eigenvalue weighted by Crippen LogP contribution is -2.61. The van der Waals surface area contributed by atoms with E-state index in [1.807, 2.05) is 0 Å². The van der Waals surface area contributed by atoms with Crippen LogP contribution < -0.4 is 0 Å². The molecule has 3 aliphatic carbocycles. The fourth-order valence-electron chi connectivity index (χ4n) is 5.90. The molecule has 1 saturated heterocycles. The number of piperidine rings is 1. The molecule has 182 valence electrons. The fourth-order valence-corrected chi connectivity index (χ4v) is 7.79. The second-order valence-electron chi connectivity index (χ2n) is 12.5. The van der Waals surface area contributed by atoms with Gasteiger partial charge in [-0.05, 0) is 72.3 Å². The topological polar surface area (TPSA) is 30.3 Å². The van der Waals surface area contributed by atoms with Gasteiger partial charge >= 0.3 is 0 Å². The van der Waals surface area contributed by atoms with Crippen LogP contribution in [0.15, 0.2) is 6.20 Å². The predicted octanol–water partition coefficient (Wildman–Crippen LogP) is 6.96. The van der Waals surface area contributed by atoms with Gasteiger partial charge in [0.05, 0.1) is 0 Å². The summed E-state index contributed by atoms with van der Waals surface area (Å²) in [6, 6.07) is 0. The van der Waals surface area contributed by atoms with E-state index in [9.17, 15) is 8.78 Å². The lowest BCUT2D eigenvalue weighted by atomic mass is 9.69. The average molecular weight is 580 g/mol. The van der Waals surface area contributed by atoms with E-state index < -0.39 is 14.2 Å². The van der Waals surface area contributed by atoms with E-state index in [-0.39, 0.29) is 35.1 Å². The third kappa shape index (κ3) is 4.23. The molecule has 4 nitrogen and oxygen atoms in total. The minimum absolute atomic E-state index is 0.00571. The summed E-state index contributed by atoms with van der Waals surface area (Å²) in [6.07, 6.45) is 6.49. The van der Waals surface area contributed by atoms with E-state index in [0.29, 0.717) is 19.0 Å². The summed E-state index contributed by atoms with van der Waals surface area (Å²) < 4.78 is 37.9. The summed E-state index contributed by atoms with van der Waals surface area (Å²) in [7, 11) is -1.97. The second kappa shape index (κ2) is 7.98. The van der Waals surface area contributed by atoms with Gasteiger partial charge in [0.1, 0.15) is 15.6 Å². The van der Waals surface area contributed by atoms with Crippen LogP contribution in [0.3, 0.4) is 0 Å². The Morgan fingerprint density at radius 1 is 1.06 bits per heavy atom. The maximum absolute atomic E-state index is 13.7. The Hall–Kier alpha value is -0.0631. The summed E-state index contributed by atoms with van der Waals surface area (Å²) in [5.74, 6) is -1.09. The largest absolute Gasteiger partial charge is 0.406 e. The zero-order chi connectivity index (χ0) is 23.7. The molecule has 0 amide bonds. The van der Waals surface area contributed by atoms with Gasteiger partial charge in [-0.15, -0.1) is 0 Å². The van der Waals surface area contributed by atoms with E-state index in [1.165, 1.54) is 0 Å². The number of likely N-dealkylation sites (tertiary alicyclic amines) is 1. The second-order valence-corrected chi connectivity index (χ2v) is 18.3. The van der Waals surface area contributed by atoms with Crippen LogP contribution in [0.4, 0.5) is 8.78 Å². The van der Waals surface area contributed by atoms with Crippen molar-refractivity contribution < 1.29 is 13.2 Å². The molecule has 1 aliphatic heterocycles. The van der Waals surface area contributed by atoms with Crippen molar-refractivity contribution in [3.05, 3.63) is 15.7 Å². The van der Waals surface area contributed by atoms with E-state index in [1.54, 1.807) is 0 Å². The maximum Gasteiger partial charge on any atom is 0.250 e. The van der Waals surface area contributed by atoms with Gasteiger partial charge in [-0.25, -0.2) is 13.8 Å². The van der Waals surface area contributed by atoms with Gasteiger partial charge in [-0.1, -0.05) is 34.6 Å². The van der Waals surface area contributed by atoms with Crippen LogP contribution in [0.2, 0.25) is 18.1 Å². The van der Waals surface area contributed by atoms with Crippen LogP contribution in [-0.4, -0.2) is 47.3 Å². The van der Waals surface area contributed by atoms with Crippen molar-refractivity contribution in [3.8, 4) is 0 Å². The quantitative estimate of drug-likeness (QED) is 0.270. The molecule has 0 spiro atoms. The number of alkyl halides is 2. The van der Waals surface area contributed by atoms with Crippen LogP contribution in [0, 0.1) is 9.62 Å². The zero-order valence-electron chi connectivity index (χ0n) is 20.8. The van der Waals surface area contributed by atoms with Crippen molar-refractivity contribution >= 4 is 30.9 Å². The number of halogens is 3. The third-order valence-electron chi connectivity index (χ3n) is 8.84. The van der Waals surface area contributed by atoms with E-state index >= 15 is 0 Å². The van der Waals surface area contributed by atoms with Gasteiger partial charge in [0.15, 0.2) is 8.32 Å². The lowest BCUT2D eigenvalue weighted by Gasteiger charge is -2.55. The van der Waals surface area contributed by atoms with Gasteiger partial charge in [-0.2, -0.15) is 0 Å². The van der Waals surface area contributed by atoms with Gasteiger partial charge in [-0.3, -0.25) is 4.90 Å². The molecule has 1 unspecified atom stereocenters. The Morgan fingerprint density at radius 3 is 2.16 bits per heavy atom. The van der Waals surface area contributed by atoms with Gasteiger partial charge in [0.25, 0.3) is 5.92 Å². The molecule has 2 bridgehead atoms. The summed E-state index contributed by atoms with van der Waals surface area (Å²) in [4.78, 5) is 7.38. The van der Waals surface area contributed by atoms with Gasteiger partial charge in [0.2, 0.25) is 0 Å². The first-order valence-corrected chi connectivity index (χ1v) is 16.1. The van der Waals surface area contributed by atoms with Crippen molar-refractivity contribution in [1.29, 1.82) is 0 Å². The molecule has 8 heteroatoms. The van der Waals surface area contributed by atoms with Crippen molar-refractivity contribution in [2.24, 2.45) is 5.92 Å². The summed E-state index contributed by atoms with van der Waals surface area (Å²) in [5.41, 5.74) is 0.173. The highest BCUT2D eigenvalue weighted by atomic mass is 127. The van der Waals surface area contributed by atoms with E-state index in [4.69, 9.17) is 9.41 Å². The van der Waals surface area contributed by atoms with Crippen molar-refractivity contribution in [2.75, 3.05) is 13.1 Å². The Labute approximate surface area is 207 Å². The average Bonchev–Trinajstić information content (AvgIpc) is 3.30. The minimum atomic E-state index is -2.48. The van der Waals surface area contributed by atoms with Gasteiger partial charge < -0.3 is 8.99 Å². The van der Waals surface area contributed by atoms with E-state index in [2.05, 4.69) is 86.0 Å². The van der Waals surface area contributed by atoms with Crippen molar-refractivity contribution in [2.45, 2.75) is 114 Å². The van der Waals surface area contributed by atoms with Crippen LogP contribution in [-0.2, 0) is 9.96 Å². The summed E-state index contributed by atoms with van der Waals surface area (Å²) >= 11 is 2.33. The SMILES string of the molecule is CC(C)C(O[Si](C)(C)C(C)(C)C)c1nc(I)cn1C12CCC(N3CCC(F)(F)CC3)(C1)C2. The van der Waals surface area contributed by atoms with Crippen LogP contribution in [0.25, 0.3) is 0 Å². The molecule has 4 aliphatic rings. The Kier molecular flexibility index (Phi) is 6.25. The molecule has 5 rings (SSSR count). The Balaban J connectivity index is 1.58. The first kappa shape index (κ1) is 25.0.